The average Bonchev–Trinajstić information content (AvgIpc) is 2.51. The largest absolute Gasteiger partial charge is 0.329 e. The summed E-state index contributed by atoms with van der Waals surface area (Å²) in [7, 11) is 0. The van der Waals surface area contributed by atoms with Gasteiger partial charge in [0.05, 0.1) is 0 Å². The second-order valence-electron chi connectivity index (χ2n) is 5.27. The molecule has 0 saturated carbocycles. The molecular formula is C16H18ClN3O. The molecule has 0 unspecified atom stereocenters. The van der Waals surface area contributed by atoms with Crippen LogP contribution < -0.4 is 10.9 Å². The van der Waals surface area contributed by atoms with E-state index < -0.39 is 0 Å². The first kappa shape index (κ1) is 14.3. The number of benzene rings is 1. The topological polar surface area (TPSA) is 48.1 Å². The Bertz CT molecular complexity index is 660. The highest BCUT2D eigenvalue weighted by Gasteiger charge is 2.13. The molecule has 1 aliphatic rings. The minimum absolute atomic E-state index is 0.0796. The van der Waals surface area contributed by atoms with Crippen molar-refractivity contribution < 1.29 is 0 Å². The Morgan fingerprint density at radius 2 is 1.86 bits per heavy atom. The quantitative estimate of drug-likeness (QED) is 0.913. The molecule has 1 aromatic heterocycles. The molecule has 0 bridgehead atoms. The summed E-state index contributed by atoms with van der Waals surface area (Å²) < 4.78 is 0. The molecule has 0 aliphatic carbocycles. The highest BCUT2D eigenvalue weighted by Crippen LogP contribution is 2.24. The Kier molecular flexibility index (Phi) is 4.39. The molecule has 3 rings (SSSR count). The van der Waals surface area contributed by atoms with Crippen molar-refractivity contribution in [3.63, 3.8) is 0 Å². The number of aromatic amines is 1. The lowest BCUT2D eigenvalue weighted by atomic mass is 10.0. The summed E-state index contributed by atoms with van der Waals surface area (Å²) in [5, 5.41) is 4.05. The van der Waals surface area contributed by atoms with Gasteiger partial charge in [-0.05, 0) is 28.8 Å². The van der Waals surface area contributed by atoms with Crippen molar-refractivity contribution in [2.24, 2.45) is 0 Å². The molecule has 2 aromatic rings. The van der Waals surface area contributed by atoms with Crippen LogP contribution in [0.15, 0.2) is 41.3 Å². The molecule has 1 fully saturated rings. The second kappa shape index (κ2) is 6.43. The van der Waals surface area contributed by atoms with E-state index in [0.29, 0.717) is 5.02 Å². The zero-order valence-corrected chi connectivity index (χ0v) is 12.5. The molecule has 1 saturated heterocycles. The van der Waals surface area contributed by atoms with E-state index in [1.165, 1.54) is 0 Å². The lowest BCUT2D eigenvalue weighted by Crippen LogP contribution is -2.43. The molecular weight excluding hydrogens is 286 g/mol. The number of piperazine rings is 1. The third-order valence-electron chi connectivity index (χ3n) is 3.77. The monoisotopic (exact) mass is 303 g/mol. The Hall–Kier alpha value is -1.62. The SMILES string of the molecule is O=c1cc(-c2ccc(Cl)cc2)c(CN2CCNCC2)c[nH]1. The van der Waals surface area contributed by atoms with Crippen LogP contribution in [-0.4, -0.2) is 36.1 Å². The fraction of sp³-hybridized carbons (Fsp3) is 0.312. The summed E-state index contributed by atoms with van der Waals surface area (Å²) >= 11 is 5.94. The molecule has 0 radical (unpaired) electrons. The number of rotatable bonds is 3. The number of nitrogens with one attached hydrogen (secondary N) is 2. The first-order valence-corrected chi connectivity index (χ1v) is 7.51. The minimum Gasteiger partial charge on any atom is -0.329 e. The molecule has 1 aromatic carbocycles. The van der Waals surface area contributed by atoms with Gasteiger partial charge >= 0.3 is 0 Å². The fourth-order valence-corrected chi connectivity index (χ4v) is 2.77. The van der Waals surface area contributed by atoms with Gasteiger partial charge in [-0.15, -0.1) is 0 Å². The van der Waals surface area contributed by atoms with Crippen LogP contribution in [0.1, 0.15) is 5.56 Å². The fourth-order valence-electron chi connectivity index (χ4n) is 2.64. The molecule has 0 spiro atoms. The van der Waals surface area contributed by atoms with E-state index in [0.717, 1.165) is 49.4 Å². The van der Waals surface area contributed by atoms with Gasteiger partial charge in [0, 0.05) is 50.0 Å². The standard InChI is InChI=1S/C16H18ClN3O/c17-14-3-1-12(2-4-14)15-9-16(21)19-10-13(15)11-20-7-5-18-6-8-20/h1-4,9-10,18H,5-8,11H2,(H,19,21). The number of aromatic nitrogens is 1. The second-order valence-corrected chi connectivity index (χ2v) is 5.71. The van der Waals surface area contributed by atoms with Crippen LogP contribution in [0.3, 0.4) is 0 Å². The predicted molar refractivity (Wildman–Crippen MR) is 85.7 cm³/mol. The number of hydrogen-bond donors (Lipinski definition) is 2. The van der Waals surface area contributed by atoms with E-state index in [9.17, 15) is 4.79 Å². The van der Waals surface area contributed by atoms with Gasteiger partial charge in [-0.3, -0.25) is 9.69 Å². The van der Waals surface area contributed by atoms with Crippen molar-refractivity contribution in [2.75, 3.05) is 26.2 Å². The molecule has 0 amide bonds. The Balaban J connectivity index is 1.92. The van der Waals surface area contributed by atoms with Crippen LogP contribution in [0.5, 0.6) is 0 Å². The Morgan fingerprint density at radius 1 is 1.14 bits per heavy atom. The lowest BCUT2D eigenvalue weighted by Gasteiger charge is -2.27. The minimum atomic E-state index is -0.0796. The highest BCUT2D eigenvalue weighted by atomic mass is 35.5. The van der Waals surface area contributed by atoms with Crippen molar-refractivity contribution in [3.8, 4) is 11.1 Å². The van der Waals surface area contributed by atoms with Crippen molar-refractivity contribution in [1.82, 2.24) is 15.2 Å². The lowest BCUT2D eigenvalue weighted by molar-refractivity contribution is 0.233. The van der Waals surface area contributed by atoms with Gasteiger partial charge in [0.15, 0.2) is 0 Å². The first-order valence-electron chi connectivity index (χ1n) is 7.13. The van der Waals surface area contributed by atoms with Gasteiger partial charge in [-0.2, -0.15) is 0 Å². The normalized spacial score (nSPS) is 16.0. The smallest absolute Gasteiger partial charge is 0.248 e. The Morgan fingerprint density at radius 3 is 2.57 bits per heavy atom. The maximum absolute atomic E-state index is 11.7. The number of pyridine rings is 1. The number of H-pyrrole nitrogens is 1. The maximum Gasteiger partial charge on any atom is 0.248 e. The van der Waals surface area contributed by atoms with Crippen molar-refractivity contribution in [1.29, 1.82) is 0 Å². The first-order chi connectivity index (χ1) is 10.2. The molecule has 0 atom stereocenters. The van der Waals surface area contributed by atoms with E-state index in [1.54, 1.807) is 6.07 Å². The zero-order valence-electron chi connectivity index (χ0n) is 11.7. The van der Waals surface area contributed by atoms with E-state index in [2.05, 4.69) is 15.2 Å². The van der Waals surface area contributed by atoms with Crippen LogP contribution >= 0.6 is 11.6 Å². The van der Waals surface area contributed by atoms with Gasteiger partial charge < -0.3 is 10.3 Å². The molecule has 110 valence electrons. The summed E-state index contributed by atoms with van der Waals surface area (Å²) in [5.41, 5.74) is 3.06. The molecule has 5 heteroatoms. The van der Waals surface area contributed by atoms with Crippen molar-refractivity contribution in [3.05, 3.63) is 57.5 Å². The van der Waals surface area contributed by atoms with Crippen LogP contribution in [0.2, 0.25) is 5.02 Å². The Labute approximate surface area is 128 Å². The molecule has 1 aliphatic heterocycles. The van der Waals surface area contributed by atoms with E-state index >= 15 is 0 Å². The molecule has 4 nitrogen and oxygen atoms in total. The van der Waals surface area contributed by atoms with Gasteiger partial charge in [-0.1, -0.05) is 23.7 Å². The van der Waals surface area contributed by atoms with Gasteiger partial charge in [0.25, 0.3) is 0 Å². The highest BCUT2D eigenvalue weighted by molar-refractivity contribution is 6.30. The summed E-state index contributed by atoms with van der Waals surface area (Å²) in [6.45, 7) is 4.92. The molecule has 21 heavy (non-hydrogen) atoms. The summed E-state index contributed by atoms with van der Waals surface area (Å²) in [6, 6.07) is 9.29. The molecule has 2 N–H and O–H groups in total. The van der Waals surface area contributed by atoms with E-state index in [-0.39, 0.29) is 5.56 Å². The predicted octanol–water partition coefficient (Wildman–Crippen LogP) is 2.10. The third-order valence-corrected chi connectivity index (χ3v) is 4.02. The van der Waals surface area contributed by atoms with Crippen molar-refractivity contribution >= 4 is 11.6 Å². The van der Waals surface area contributed by atoms with Crippen molar-refractivity contribution in [2.45, 2.75) is 6.54 Å². The number of hydrogen-bond acceptors (Lipinski definition) is 3. The number of nitrogens with zero attached hydrogens (tertiary/aromatic N) is 1. The third kappa shape index (κ3) is 3.53. The zero-order chi connectivity index (χ0) is 14.7. The molecule has 2 heterocycles. The van der Waals surface area contributed by atoms with Crippen LogP contribution in [0.4, 0.5) is 0 Å². The van der Waals surface area contributed by atoms with Crippen LogP contribution in [0.25, 0.3) is 11.1 Å². The van der Waals surface area contributed by atoms with Gasteiger partial charge in [0.2, 0.25) is 5.56 Å². The maximum atomic E-state index is 11.7. The number of halogens is 1. The van der Waals surface area contributed by atoms with Gasteiger partial charge in [0.1, 0.15) is 0 Å². The van der Waals surface area contributed by atoms with Crippen LogP contribution in [0, 0.1) is 0 Å². The average molecular weight is 304 g/mol. The van der Waals surface area contributed by atoms with Gasteiger partial charge in [-0.25, -0.2) is 0 Å². The summed E-state index contributed by atoms with van der Waals surface area (Å²) in [5.74, 6) is 0. The van der Waals surface area contributed by atoms with E-state index in [1.807, 2.05) is 30.5 Å². The van der Waals surface area contributed by atoms with Crippen LogP contribution in [-0.2, 0) is 6.54 Å². The summed E-state index contributed by atoms with van der Waals surface area (Å²) in [4.78, 5) is 16.8. The van der Waals surface area contributed by atoms with E-state index in [4.69, 9.17) is 11.6 Å². The summed E-state index contributed by atoms with van der Waals surface area (Å²) in [6.07, 6.45) is 1.83.